The Morgan fingerprint density at radius 2 is 2.08 bits per heavy atom. The number of rotatable bonds is 10. The summed E-state index contributed by atoms with van der Waals surface area (Å²) in [6, 6.07) is 1.67. The third-order valence-corrected chi connectivity index (χ3v) is 3.49. The summed E-state index contributed by atoms with van der Waals surface area (Å²) in [6.07, 6.45) is 1.06. The number of nitrogens with zero attached hydrogens (tertiary/aromatic N) is 1. The van der Waals surface area contributed by atoms with Crippen LogP contribution in [0.2, 0.25) is 0 Å². The van der Waals surface area contributed by atoms with Gasteiger partial charge < -0.3 is 24.5 Å². The molecule has 0 spiro atoms. The van der Waals surface area contributed by atoms with E-state index in [1.807, 2.05) is 6.92 Å². The molecule has 1 aromatic rings. The average molecular weight is 353 g/mol. The Balaban J connectivity index is 2.48. The predicted molar refractivity (Wildman–Crippen MR) is 97.9 cm³/mol. The van der Waals surface area contributed by atoms with Crippen LogP contribution in [0.1, 0.15) is 49.1 Å². The highest BCUT2D eigenvalue weighted by Crippen LogP contribution is 2.16. The minimum Gasteiger partial charge on any atom is -0.465 e. The highest BCUT2D eigenvalue weighted by Gasteiger charge is 2.15. The number of ether oxygens (including phenoxy) is 2. The van der Waals surface area contributed by atoms with E-state index in [-0.39, 0.29) is 0 Å². The summed E-state index contributed by atoms with van der Waals surface area (Å²) < 4.78 is 15.9. The number of methoxy groups -OCH3 is 1. The molecule has 0 aliphatic heterocycles. The number of hydrogen-bond acceptors (Lipinski definition) is 5. The molecule has 142 valence electrons. The maximum absolute atomic E-state index is 11.6. The summed E-state index contributed by atoms with van der Waals surface area (Å²) in [7, 11) is 1.35. The summed E-state index contributed by atoms with van der Waals surface area (Å²) in [6.45, 7) is 11.3. The van der Waals surface area contributed by atoms with E-state index in [4.69, 9.17) is 13.9 Å². The molecule has 0 radical (unpaired) electrons. The number of aryl methyl sites for hydroxylation is 1. The molecular weight excluding hydrogens is 322 g/mol. The van der Waals surface area contributed by atoms with Gasteiger partial charge in [0.25, 0.3) is 0 Å². The summed E-state index contributed by atoms with van der Waals surface area (Å²) in [5.41, 5.74) is 0.434. The van der Waals surface area contributed by atoms with Crippen molar-refractivity contribution in [2.24, 2.45) is 10.9 Å². The number of nitrogens with one attached hydrogen (secondary N) is 2. The average Bonchev–Trinajstić information content (AvgIpc) is 2.95. The monoisotopic (exact) mass is 353 g/mol. The second-order valence-electron chi connectivity index (χ2n) is 6.09. The Hall–Kier alpha value is -2.02. The molecule has 7 nitrogen and oxygen atoms in total. The Labute approximate surface area is 150 Å². The molecule has 25 heavy (non-hydrogen) atoms. The zero-order valence-electron chi connectivity index (χ0n) is 16.0. The van der Waals surface area contributed by atoms with Crippen LogP contribution in [-0.4, -0.2) is 45.3 Å². The minimum atomic E-state index is -0.403. The largest absolute Gasteiger partial charge is 0.465 e. The van der Waals surface area contributed by atoms with Gasteiger partial charge in [0, 0.05) is 19.7 Å². The topological polar surface area (TPSA) is 85.1 Å². The van der Waals surface area contributed by atoms with Crippen molar-refractivity contribution in [3.05, 3.63) is 23.2 Å². The van der Waals surface area contributed by atoms with Gasteiger partial charge >= 0.3 is 5.97 Å². The summed E-state index contributed by atoms with van der Waals surface area (Å²) in [5.74, 6) is 2.08. The number of guanidine groups is 1. The highest BCUT2D eigenvalue weighted by molar-refractivity contribution is 5.90. The van der Waals surface area contributed by atoms with E-state index in [1.165, 1.54) is 7.11 Å². The quantitative estimate of drug-likeness (QED) is 0.291. The lowest BCUT2D eigenvalue weighted by atomic mass is 10.1. The summed E-state index contributed by atoms with van der Waals surface area (Å²) >= 11 is 0. The Kier molecular flexibility index (Phi) is 9.69. The minimum absolute atomic E-state index is 0.335. The van der Waals surface area contributed by atoms with Crippen molar-refractivity contribution in [2.75, 3.05) is 33.4 Å². The third kappa shape index (κ3) is 8.07. The molecule has 0 saturated carbocycles. The van der Waals surface area contributed by atoms with Gasteiger partial charge in [0.1, 0.15) is 23.6 Å². The molecule has 0 fully saturated rings. The van der Waals surface area contributed by atoms with Gasteiger partial charge in [-0.1, -0.05) is 13.8 Å². The van der Waals surface area contributed by atoms with Gasteiger partial charge in [0.2, 0.25) is 0 Å². The number of esters is 1. The first-order valence-electron chi connectivity index (χ1n) is 8.75. The van der Waals surface area contributed by atoms with Crippen molar-refractivity contribution < 1.29 is 18.7 Å². The normalized spacial score (nSPS) is 11.7. The Morgan fingerprint density at radius 1 is 1.32 bits per heavy atom. The van der Waals surface area contributed by atoms with E-state index in [9.17, 15) is 4.79 Å². The first kappa shape index (κ1) is 21.0. The molecule has 0 aromatic carbocycles. The molecule has 0 atom stereocenters. The fourth-order valence-electron chi connectivity index (χ4n) is 2.10. The van der Waals surface area contributed by atoms with Crippen LogP contribution in [0, 0.1) is 12.8 Å². The zero-order chi connectivity index (χ0) is 18.7. The lowest BCUT2D eigenvalue weighted by Crippen LogP contribution is -2.39. The van der Waals surface area contributed by atoms with Crippen molar-refractivity contribution in [2.45, 2.75) is 40.7 Å². The van der Waals surface area contributed by atoms with Crippen molar-refractivity contribution in [1.29, 1.82) is 0 Å². The molecule has 1 heterocycles. The molecule has 0 amide bonds. The number of aliphatic imine (C=N–C) groups is 1. The molecular formula is C18H31N3O4. The van der Waals surface area contributed by atoms with Crippen molar-refractivity contribution in [1.82, 2.24) is 10.6 Å². The van der Waals surface area contributed by atoms with Gasteiger partial charge in [-0.25, -0.2) is 9.79 Å². The van der Waals surface area contributed by atoms with Crippen LogP contribution < -0.4 is 10.6 Å². The molecule has 0 bridgehead atoms. The molecule has 1 rings (SSSR count). The number of carbonyl (C=O) groups is 1. The maximum Gasteiger partial charge on any atom is 0.341 e. The van der Waals surface area contributed by atoms with Gasteiger partial charge in [-0.3, -0.25) is 0 Å². The van der Waals surface area contributed by atoms with Crippen LogP contribution in [0.25, 0.3) is 0 Å². The number of carbonyl (C=O) groups excluding carboxylic acids is 1. The third-order valence-electron chi connectivity index (χ3n) is 3.49. The second kappa shape index (κ2) is 11.5. The van der Waals surface area contributed by atoms with E-state index in [2.05, 4.69) is 29.5 Å². The van der Waals surface area contributed by atoms with Crippen LogP contribution in [-0.2, 0) is 16.0 Å². The van der Waals surface area contributed by atoms with Crippen LogP contribution in [0.5, 0.6) is 0 Å². The molecule has 0 aliphatic rings. The van der Waals surface area contributed by atoms with E-state index in [0.717, 1.165) is 19.6 Å². The van der Waals surface area contributed by atoms with Gasteiger partial charge in [-0.2, -0.15) is 0 Å². The SMILES string of the molecule is CCNC(=NCc1cc(C(=O)OC)c(C)o1)NCCOCCC(C)C. The zero-order valence-corrected chi connectivity index (χ0v) is 16.0. The fraction of sp³-hybridized carbons (Fsp3) is 0.667. The lowest BCUT2D eigenvalue weighted by molar-refractivity contribution is 0.0599. The van der Waals surface area contributed by atoms with Crippen LogP contribution in [0.3, 0.4) is 0 Å². The maximum atomic E-state index is 11.6. The van der Waals surface area contributed by atoms with Crippen LogP contribution >= 0.6 is 0 Å². The van der Waals surface area contributed by atoms with Crippen LogP contribution in [0.4, 0.5) is 0 Å². The van der Waals surface area contributed by atoms with Crippen molar-refractivity contribution >= 4 is 11.9 Å². The van der Waals surface area contributed by atoms with Gasteiger partial charge in [-0.05, 0) is 32.3 Å². The van der Waals surface area contributed by atoms with Gasteiger partial charge in [0.05, 0.1) is 13.7 Å². The second-order valence-corrected chi connectivity index (χ2v) is 6.09. The van der Waals surface area contributed by atoms with E-state index < -0.39 is 5.97 Å². The summed E-state index contributed by atoms with van der Waals surface area (Å²) in [5, 5.41) is 6.38. The van der Waals surface area contributed by atoms with E-state index >= 15 is 0 Å². The molecule has 1 aromatic heterocycles. The lowest BCUT2D eigenvalue weighted by Gasteiger charge is -2.11. The molecule has 2 N–H and O–H groups in total. The molecule has 0 saturated heterocycles. The molecule has 7 heteroatoms. The van der Waals surface area contributed by atoms with Gasteiger partial charge in [-0.15, -0.1) is 0 Å². The van der Waals surface area contributed by atoms with Crippen molar-refractivity contribution in [3.8, 4) is 0 Å². The van der Waals surface area contributed by atoms with Crippen molar-refractivity contribution in [3.63, 3.8) is 0 Å². The number of hydrogen-bond donors (Lipinski definition) is 2. The predicted octanol–water partition coefficient (Wildman–Crippen LogP) is 2.49. The smallest absolute Gasteiger partial charge is 0.341 e. The van der Waals surface area contributed by atoms with Gasteiger partial charge in [0.15, 0.2) is 5.96 Å². The Morgan fingerprint density at radius 3 is 2.72 bits per heavy atom. The number of furan rings is 1. The molecule has 0 aliphatic carbocycles. The van der Waals surface area contributed by atoms with E-state index in [1.54, 1.807) is 13.0 Å². The van der Waals surface area contributed by atoms with Crippen LogP contribution in [0.15, 0.2) is 15.5 Å². The fourth-order valence-corrected chi connectivity index (χ4v) is 2.10. The Bertz CT molecular complexity index is 553. The first-order chi connectivity index (χ1) is 12.0. The summed E-state index contributed by atoms with van der Waals surface area (Å²) in [4.78, 5) is 16.1. The standard InChI is InChI=1S/C18H31N3O4/c1-6-19-18(20-8-10-24-9-7-13(2)3)21-12-15-11-16(14(4)25-15)17(22)23-5/h11,13H,6-10,12H2,1-5H3,(H2,19,20,21). The first-order valence-corrected chi connectivity index (χ1v) is 8.75. The highest BCUT2D eigenvalue weighted by atomic mass is 16.5. The molecule has 0 unspecified atom stereocenters. The van der Waals surface area contributed by atoms with E-state index in [0.29, 0.717) is 48.7 Å².